The smallest absolute Gasteiger partial charge is 0.220 e. The van der Waals surface area contributed by atoms with E-state index in [1.807, 2.05) is 48.7 Å². The van der Waals surface area contributed by atoms with Crippen LogP contribution in [0, 0.1) is 35.3 Å². The number of benzene rings is 3. The molecule has 1 aromatic heterocycles. The van der Waals surface area contributed by atoms with Gasteiger partial charge in [0.15, 0.2) is 16.7 Å². The second kappa shape index (κ2) is 12.0. The molecule has 0 amide bonds. The van der Waals surface area contributed by atoms with Crippen molar-refractivity contribution in [2.45, 2.75) is 30.9 Å². The summed E-state index contributed by atoms with van der Waals surface area (Å²) in [5, 5.41) is 29.6. The number of aryl methyl sites for hydroxylation is 2. The number of thioether (sulfide) groups is 1. The number of halogens is 1. The molecule has 0 aliphatic carbocycles. The minimum absolute atomic E-state index is 0.102. The van der Waals surface area contributed by atoms with Gasteiger partial charge in [0.1, 0.15) is 17.7 Å². The van der Waals surface area contributed by atoms with Gasteiger partial charge in [0.05, 0.1) is 23.8 Å². The molecule has 0 unspecified atom stereocenters. The van der Waals surface area contributed by atoms with Gasteiger partial charge in [0.25, 0.3) is 0 Å². The van der Waals surface area contributed by atoms with Crippen molar-refractivity contribution in [3.8, 4) is 23.3 Å². The number of nitrogens with zero attached hydrogens (tertiary/aromatic N) is 5. The van der Waals surface area contributed by atoms with Gasteiger partial charge in [-0.05, 0) is 49.7 Å². The van der Waals surface area contributed by atoms with Crippen LogP contribution >= 0.6 is 23.4 Å². The second-order valence-corrected chi connectivity index (χ2v) is 9.99. The third-order valence-electron chi connectivity index (χ3n) is 5.78. The Morgan fingerprint density at radius 2 is 1.89 bits per heavy atom. The molecule has 0 saturated carbocycles. The number of methoxy groups -OCH3 is 1. The van der Waals surface area contributed by atoms with Crippen LogP contribution in [-0.2, 0) is 6.61 Å². The summed E-state index contributed by atoms with van der Waals surface area (Å²) in [6.45, 7) is 3.55. The van der Waals surface area contributed by atoms with Gasteiger partial charge in [-0.3, -0.25) is 14.7 Å². The van der Waals surface area contributed by atoms with Crippen molar-refractivity contribution in [3.05, 3.63) is 104 Å². The van der Waals surface area contributed by atoms with Crippen LogP contribution in [0.15, 0.2) is 65.8 Å². The van der Waals surface area contributed by atoms with Gasteiger partial charge in [0, 0.05) is 16.2 Å². The van der Waals surface area contributed by atoms with Crippen LogP contribution in [0.2, 0.25) is 5.02 Å². The number of hydrogen-bond donors (Lipinski definition) is 0. The van der Waals surface area contributed by atoms with E-state index in [9.17, 15) is 15.4 Å². The van der Waals surface area contributed by atoms with Gasteiger partial charge in [-0.1, -0.05) is 59.3 Å². The quantitative estimate of drug-likeness (QED) is 0.132. The molecule has 4 rings (SSSR count). The Morgan fingerprint density at radius 1 is 1.16 bits per heavy atom. The van der Waals surface area contributed by atoms with E-state index in [4.69, 9.17) is 21.1 Å². The van der Waals surface area contributed by atoms with Crippen LogP contribution in [-0.4, -0.2) is 33.3 Å². The first kappa shape index (κ1) is 27.0. The van der Waals surface area contributed by atoms with Gasteiger partial charge in [0.2, 0.25) is 6.54 Å². The number of nitro groups is 1. The fraction of sp³-hybridized carbons (Fsp3) is 0.222. The molecule has 4 aromatic rings. The zero-order valence-corrected chi connectivity index (χ0v) is 22.5. The van der Waals surface area contributed by atoms with E-state index in [0.29, 0.717) is 33.4 Å². The first-order valence-corrected chi connectivity index (χ1v) is 12.8. The fourth-order valence-corrected chi connectivity index (χ4v) is 5.28. The maximum absolute atomic E-state index is 11.6. The van der Waals surface area contributed by atoms with E-state index in [0.717, 1.165) is 11.3 Å². The molecule has 0 N–H and O–H groups in total. The molecule has 1 heterocycles. The van der Waals surface area contributed by atoms with Gasteiger partial charge >= 0.3 is 0 Å². The van der Waals surface area contributed by atoms with Crippen LogP contribution in [0.25, 0.3) is 5.69 Å². The van der Waals surface area contributed by atoms with Crippen molar-refractivity contribution in [1.29, 1.82) is 5.26 Å². The minimum atomic E-state index is -0.641. The van der Waals surface area contributed by atoms with Crippen LogP contribution in [0.5, 0.6) is 11.5 Å². The molecule has 0 radical (unpaired) electrons. The van der Waals surface area contributed by atoms with Crippen molar-refractivity contribution in [2.75, 3.05) is 13.7 Å². The van der Waals surface area contributed by atoms with E-state index in [-0.39, 0.29) is 28.8 Å². The third kappa shape index (κ3) is 6.07. The summed E-state index contributed by atoms with van der Waals surface area (Å²) in [7, 11) is 1.47. The topological polar surface area (TPSA) is 116 Å². The number of hydrogen-bond acceptors (Lipinski definition) is 8. The average molecular weight is 550 g/mol. The summed E-state index contributed by atoms with van der Waals surface area (Å²) in [5.41, 5.74) is 3.74. The molecule has 0 bridgehead atoms. The molecule has 9 nitrogen and oxygen atoms in total. The predicted octanol–water partition coefficient (Wildman–Crippen LogP) is 6.11. The largest absolute Gasteiger partial charge is 0.493 e. The van der Waals surface area contributed by atoms with Crippen molar-refractivity contribution < 1.29 is 14.4 Å². The second-order valence-electron chi connectivity index (χ2n) is 8.41. The molecular formula is C27H24ClN5O4S. The zero-order valence-electron chi connectivity index (χ0n) is 20.9. The molecule has 0 spiro atoms. The zero-order chi connectivity index (χ0) is 27.2. The Bertz CT molecular complexity index is 1500. The van der Waals surface area contributed by atoms with Crippen LogP contribution in [0.4, 0.5) is 0 Å². The Hall–Kier alpha value is -4.07. The van der Waals surface area contributed by atoms with E-state index in [1.54, 1.807) is 30.3 Å². The lowest BCUT2D eigenvalue weighted by atomic mass is 10.1. The highest BCUT2D eigenvalue weighted by Crippen LogP contribution is 2.43. The normalized spacial score (nSPS) is 11.6. The summed E-state index contributed by atoms with van der Waals surface area (Å²) in [6.07, 6.45) is 0. The Balaban J connectivity index is 1.66. The Labute approximate surface area is 229 Å². The monoisotopic (exact) mass is 549 g/mol. The molecule has 3 aromatic carbocycles. The molecule has 1 atom stereocenters. The molecule has 0 aliphatic heterocycles. The molecular weight excluding hydrogens is 526 g/mol. The summed E-state index contributed by atoms with van der Waals surface area (Å²) in [4.78, 5) is 11.3. The highest BCUT2D eigenvalue weighted by atomic mass is 35.5. The molecule has 38 heavy (non-hydrogen) atoms. The lowest BCUT2D eigenvalue weighted by Crippen LogP contribution is -2.12. The van der Waals surface area contributed by atoms with Gasteiger partial charge in [-0.25, -0.2) is 0 Å². The number of aromatic nitrogens is 3. The lowest BCUT2D eigenvalue weighted by molar-refractivity contribution is -0.479. The highest BCUT2D eigenvalue weighted by molar-refractivity contribution is 7.99. The van der Waals surface area contributed by atoms with Gasteiger partial charge in [-0.15, -0.1) is 10.2 Å². The maximum Gasteiger partial charge on any atom is 0.220 e. The summed E-state index contributed by atoms with van der Waals surface area (Å²) in [6, 6.07) is 20.4. The van der Waals surface area contributed by atoms with E-state index in [1.165, 1.54) is 18.9 Å². The Morgan fingerprint density at radius 3 is 2.58 bits per heavy atom. The minimum Gasteiger partial charge on any atom is -0.493 e. The fourth-order valence-electron chi connectivity index (χ4n) is 3.85. The number of nitriles is 1. The summed E-state index contributed by atoms with van der Waals surface area (Å²) in [5.74, 6) is 1.27. The highest BCUT2D eigenvalue weighted by Gasteiger charge is 2.26. The standard InChI is InChI=1S/C27H24ClN5O4S/c1-17-8-10-22(11-9-17)33-18(2)30-31-27(33)38-25(15-32(34)35)21-12-23(28)26(24(13-21)36-3)37-16-20-7-5-4-6-19(20)14-29/h4-13,25H,15-16H2,1-3H3/t25-/m0/s1. The van der Waals surface area contributed by atoms with Crippen LogP contribution in [0.1, 0.15) is 33.3 Å². The predicted molar refractivity (Wildman–Crippen MR) is 145 cm³/mol. The molecule has 0 aliphatic rings. The molecule has 0 saturated heterocycles. The van der Waals surface area contributed by atoms with Crippen molar-refractivity contribution in [1.82, 2.24) is 14.8 Å². The molecule has 11 heteroatoms. The van der Waals surface area contributed by atoms with E-state index < -0.39 is 5.25 Å². The van der Waals surface area contributed by atoms with E-state index >= 15 is 0 Å². The average Bonchev–Trinajstić information content (AvgIpc) is 3.27. The maximum atomic E-state index is 11.6. The first-order valence-electron chi connectivity index (χ1n) is 11.6. The van der Waals surface area contributed by atoms with Gasteiger partial charge < -0.3 is 9.47 Å². The SMILES string of the molecule is COc1cc([C@H](C[N+](=O)[O-])Sc2nnc(C)n2-c2ccc(C)cc2)cc(Cl)c1OCc1ccccc1C#N. The summed E-state index contributed by atoms with van der Waals surface area (Å²) < 4.78 is 13.3. The van der Waals surface area contributed by atoms with Crippen molar-refractivity contribution in [2.24, 2.45) is 0 Å². The van der Waals surface area contributed by atoms with Crippen molar-refractivity contribution in [3.63, 3.8) is 0 Å². The number of rotatable bonds is 10. The molecule has 0 fully saturated rings. The van der Waals surface area contributed by atoms with E-state index in [2.05, 4.69) is 16.3 Å². The summed E-state index contributed by atoms with van der Waals surface area (Å²) >= 11 is 7.82. The third-order valence-corrected chi connectivity index (χ3v) is 7.24. The lowest BCUT2D eigenvalue weighted by Gasteiger charge is -2.18. The number of ether oxygens (including phenoxy) is 2. The van der Waals surface area contributed by atoms with Crippen LogP contribution in [0.3, 0.4) is 0 Å². The Kier molecular flexibility index (Phi) is 8.51. The first-order chi connectivity index (χ1) is 18.3. The van der Waals surface area contributed by atoms with Gasteiger partial charge in [-0.2, -0.15) is 5.26 Å². The van der Waals surface area contributed by atoms with Crippen molar-refractivity contribution >= 4 is 23.4 Å². The van der Waals surface area contributed by atoms with Crippen LogP contribution < -0.4 is 9.47 Å². The molecule has 194 valence electrons.